The third kappa shape index (κ3) is 4.08. The molecule has 0 radical (unpaired) electrons. The van der Waals surface area contributed by atoms with Gasteiger partial charge in [0.2, 0.25) is 0 Å². The topological polar surface area (TPSA) is 79.5 Å². The van der Waals surface area contributed by atoms with Gasteiger partial charge in [-0.05, 0) is 43.0 Å². The van der Waals surface area contributed by atoms with E-state index in [-0.39, 0.29) is 11.7 Å². The number of aliphatic hydroxyl groups is 1. The fourth-order valence-corrected chi connectivity index (χ4v) is 2.60. The molecule has 1 saturated carbocycles. The molecule has 26 heavy (non-hydrogen) atoms. The molecule has 1 aromatic heterocycles. The van der Waals surface area contributed by atoms with E-state index < -0.39 is 0 Å². The van der Waals surface area contributed by atoms with E-state index in [2.05, 4.69) is 22.0 Å². The number of nitrogens with one attached hydrogen (secondary N) is 1. The number of rotatable bonds is 6. The van der Waals surface area contributed by atoms with Crippen LogP contribution in [0.5, 0.6) is 0 Å². The summed E-state index contributed by atoms with van der Waals surface area (Å²) in [5, 5.41) is 17.0. The summed E-state index contributed by atoms with van der Waals surface area (Å²) in [6, 6.07) is 5.98. The highest BCUT2D eigenvalue weighted by Gasteiger charge is 2.24. The van der Waals surface area contributed by atoms with Crippen molar-refractivity contribution in [1.29, 1.82) is 0 Å². The second kappa shape index (κ2) is 7.39. The molecule has 1 aliphatic rings. The number of hydrogen-bond donors (Lipinski definition) is 2. The first kappa shape index (κ1) is 17.7. The predicted octanol–water partition coefficient (Wildman–Crippen LogP) is 3.36. The zero-order chi connectivity index (χ0) is 18.7. The lowest BCUT2D eigenvalue weighted by Gasteiger charge is -2.08. The summed E-state index contributed by atoms with van der Waals surface area (Å²) >= 11 is 0. The van der Waals surface area contributed by atoms with Crippen LogP contribution in [-0.4, -0.2) is 40.1 Å². The van der Waals surface area contributed by atoms with Crippen LogP contribution in [0.4, 0.5) is 0 Å². The van der Waals surface area contributed by atoms with E-state index in [0.717, 1.165) is 29.5 Å². The number of aliphatic hydroxyl groups excluding tert-OH is 1. The summed E-state index contributed by atoms with van der Waals surface area (Å²) < 4.78 is 1.57. The van der Waals surface area contributed by atoms with Crippen LogP contribution in [0.25, 0.3) is 16.8 Å². The Morgan fingerprint density at radius 3 is 2.92 bits per heavy atom. The van der Waals surface area contributed by atoms with Crippen LogP contribution >= 0.6 is 0 Å². The van der Waals surface area contributed by atoms with E-state index in [4.69, 9.17) is 0 Å². The molecular weight excluding hydrogens is 328 g/mol. The van der Waals surface area contributed by atoms with Crippen LogP contribution in [-0.2, 0) is 0 Å². The second-order valence-electron chi connectivity index (χ2n) is 6.40. The number of aliphatic imine (C=N–C) groups is 1. The van der Waals surface area contributed by atoms with Gasteiger partial charge in [-0.15, -0.1) is 0 Å². The van der Waals surface area contributed by atoms with Gasteiger partial charge in [-0.2, -0.15) is 5.10 Å². The molecule has 6 heteroatoms. The third-order valence-electron chi connectivity index (χ3n) is 4.18. The van der Waals surface area contributed by atoms with Gasteiger partial charge in [0.05, 0.1) is 18.1 Å². The molecule has 6 nitrogen and oxygen atoms in total. The lowest BCUT2D eigenvalue weighted by molar-refractivity contribution is 0.0951. The van der Waals surface area contributed by atoms with Gasteiger partial charge >= 0.3 is 0 Å². The van der Waals surface area contributed by atoms with Crippen molar-refractivity contribution in [2.45, 2.75) is 25.8 Å². The van der Waals surface area contributed by atoms with Crippen LogP contribution in [0, 0.1) is 6.92 Å². The summed E-state index contributed by atoms with van der Waals surface area (Å²) in [4.78, 5) is 16.0. The van der Waals surface area contributed by atoms with E-state index in [9.17, 15) is 9.90 Å². The number of hydrogen-bond acceptors (Lipinski definition) is 4. The van der Waals surface area contributed by atoms with E-state index in [1.807, 2.05) is 31.3 Å². The maximum Gasteiger partial charge on any atom is 0.251 e. The van der Waals surface area contributed by atoms with Crippen LogP contribution in [0.1, 0.15) is 28.8 Å². The van der Waals surface area contributed by atoms with E-state index in [0.29, 0.717) is 17.3 Å². The Hall–Kier alpha value is -3.15. The minimum atomic E-state index is -0.0442. The fraction of sp³-hybridized carbons (Fsp3) is 0.250. The minimum Gasteiger partial charge on any atom is -0.506 e. The summed E-state index contributed by atoms with van der Waals surface area (Å²) in [5.74, 6) is -0.0401. The third-order valence-corrected chi connectivity index (χ3v) is 4.18. The molecular formula is C20H22N4O2. The molecule has 0 bridgehead atoms. The Morgan fingerprint density at radius 2 is 2.23 bits per heavy atom. The number of allylic oxidation sites excluding steroid dienone is 3. The second-order valence-corrected chi connectivity index (χ2v) is 6.40. The van der Waals surface area contributed by atoms with Gasteiger partial charge in [0.25, 0.3) is 5.91 Å². The number of aryl methyl sites for hydroxylation is 1. The summed E-state index contributed by atoms with van der Waals surface area (Å²) in [7, 11) is 1.58. The van der Waals surface area contributed by atoms with Crippen LogP contribution in [0.15, 0.2) is 54.0 Å². The van der Waals surface area contributed by atoms with Crippen molar-refractivity contribution in [2.75, 3.05) is 7.05 Å². The first-order valence-corrected chi connectivity index (χ1v) is 8.46. The maximum absolute atomic E-state index is 12.3. The summed E-state index contributed by atoms with van der Waals surface area (Å²) in [6.07, 6.45) is 8.47. The summed E-state index contributed by atoms with van der Waals surface area (Å²) in [5.41, 5.74) is 4.02. The average molecular weight is 350 g/mol. The zero-order valence-electron chi connectivity index (χ0n) is 14.9. The smallest absolute Gasteiger partial charge is 0.251 e. The van der Waals surface area contributed by atoms with Crippen molar-refractivity contribution < 1.29 is 9.90 Å². The first-order valence-electron chi connectivity index (χ1n) is 8.46. The summed E-state index contributed by atoms with van der Waals surface area (Å²) in [6.45, 7) is 5.89. The van der Waals surface area contributed by atoms with Crippen LogP contribution < -0.4 is 5.32 Å². The Labute approximate surface area is 152 Å². The first-order chi connectivity index (χ1) is 12.5. The van der Waals surface area contributed by atoms with Crippen molar-refractivity contribution in [2.24, 2.45) is 4.99 Å². The molecule has 2 aromatic rings. The lowest BCUT2D eigenvalue weighted by atomic mass is 10.0. The van der Waals surface area contributed by atoms with Crippen molar-refractivity contribution in [3.63, 3.8) is 0 Å². The molecule has 0 spiro atoms. The SMILES string of the molecule is C=C(/C=C(O)\C=N/C)n1cc(-c2cc(C(=O)NC3CC3)ccc2C)cn1. The standard InChI is InChI=1S/C20H22N4O2/c1-13-4-5-15(20(26)23-17-6-7-17)9-19(13)16-10-22-24(12-16)14(2)8-18(25)11-21-3/h4-5,8-12,17,25H,2,6-7H2,1,3H3,(H,23,26)/b18-8+,21-11-. The van der Waals surface area contributed by atoms with Gasteiger partial charge in [-0.25, -0.2) is 4.68 Å². The number of nitrogens with zero attached hydrogens (tertiary/aromatic N) is 3. The molecule has 1 aliphatic carbocycles. The molecule has 1 fully saturated rings. The largest absolute Gasteiger partial charge is 0.506 e. The van der Waals surface area contributed by atoms with Crippen molar-refractivity contribution >= 4 is 17.8 Å². The normalized spacial score (nSPS) is 14.6. The fourth-order valence-electron chi connectivity index (χ4n) is 2.60. The molecule has 134 valence electrons. The molecule has 0 unspecified atom stereocenters. The van der Waals surface area contributed by atoms with Crippen LogP contribution in [0.2, 0.25) is 0 Å². The van der Waals surface area contributed by atoms with Gasteiger partial charge in [0, 0.05) is 36.5 Å². The highest BCUT2D eigenvalue weighted by Crippen LogP contribution is 2.26. The Balaban J connectivity index is 1.85. The molecule has 0 atom stereocenters. The van der Waals surface area contributed by atoms with Crippen LogP contribution in [0.3, 0.4) is 0 Å². The Bertz CT molecular complexity index is 904. The van der Waals surface area contributed by atoms with E-state index in [1.54, 1.807) is 17.9 Å². The highest BCUT2D eigenvalue weighted by atomic mass is 16.3. The molecule has 1 amide bonds. The van der Waals surface area contributed by atoms with Gasteiger partial charge in [-0.1, -0.05) is 12.6 Å². The van der Waals surface area contributed by atoms with E-state index >= 15 is 0 Å². The Morgan fingerprint density at radius 1 is 1.46 bits per heavy atom. The number of benzene rings is 1. The quantitative estimate of drug-likeness (QED) is 0.476. The molecule has 3 rings (SSSR count). The maximum atomic E-state index is 12.3. The van der Waals surface area contributed by atoms with E-state index in [1.165, 1.54) is 12.3 Å². The number of carbonyl (C=O) groups excluding carboxylic acids is 1. The van der Waals surface area contributed by atoms with Crippen molar-refractivity contribution in [3.8, 4) is 11.1 Å². The molecule has 2 N–H and O–H groups in total. The zero-order valence-corrected chi connectivity index (χ0v) is 14.9. The lowest BCUT2D eigenvalue weighted by Crippen LogP contribution is -2.25. The monoisotopic (exact) mass is 350 g/mol. The average Bonchev–Trinajstić information content (AvgIpc) is 3.27. The molecule has 0 aliphatic heterocycles. The highest BCUT2D eigenvalue weighted by molar-refractivity contribution is 5.96. The van der Waals surface area contributed by atoms with Gasteiger partial charge in [0.1, 0.15) is 5.76 Å². The van der Waals surface area contributed by atoms with Crippen molar-refractivity contribution in [3.05, 3.63) is 60.1 Å². The van der Waals surface area contributed by atoms with Gasteiger partial charge < -0.3 is 10.4 Å². The molecule has 1 aromatic carbocycles. The number of carbonyl (C=O) groups is 1. The van der Waals surface area contributed by atoms with Gasteiger partial charge in [0.15, 0.2) is 0 Å². The van der Waals surface area contributed by atoms with Gasteiger partial charge in [-0.3, -0.25) is 9.79 Å². The number of aromatic nitrogens is 2. The van der Waals surface area contributed by atoms with Crippen molar-refractivity contribution in [1.82, 2.24) is 15.1 Å². The molecule has 0 saturated heterocycles. The predicted molar refractivity (Wildman–Crippen MR) is 103 cm³/mol. The number of amides is 1. The molecule has 1 heterocycles. The minimum absolute atomic E-state index is 0.00414. The Kier molecular flexibility index (Phi) is 5.02.